The van der Waals surface area contributed by atoms with Gasteiger partial charge in [0.25, 0.3) is 5.91 Å². The smallest absolute Gasteiger partial charge is 0.342 e. The number of carbonyl (C=O) groups is 2. The highest BCUT2D eigenvalue weighted by molar-refractivity contribution is 6.01. The van der Waals surface area contributed by atoms with Crippen molar-refractivity contribution in [2.75, 3.05) is 32.8 Å². The summed E-state index contributed by atoms with van der Waals surface area (Å²) in [5.74, 6) is 0.120. The first-order valence-electron chi connectivity index (χ1n) is 8.90. The fourth-order valence-electron chi connectivity index (χ4n) is 3.25. The Kier molecular flexibility index (Phi) is 5.73. The number of rotatable bonds is 6. The van der Waals surface area contributed by atoms with Crippen LogP contribution in [0.4, 0.5) is 5.69 Å². The highest BCUT2D eigenvalue weighted by Gasteiger charge is 2.31. The highest BCUT2D eigenvalue weighted by Crippen LogP contribution is 2.35. The zero-order valence-electron chi connectivity index (χ0n) is 16.4. The number of hydrogen-bond donors (Lipinski definition) is 0. The Morgan fingerprint density at radius 3 is 2.29 bits per heavy atom. The van der Waals surface area contributed by atoms with Gasteiger partial charge in [0, 0.05) is 24.4 Å². The molecule has 1 aliphatic heterocycles. The lowest BCUT2D eigenvalue weighted by Gasteiger charge is -2.22. The molecule has 1 aliphatic rings. The standard InChI is InChI=1S/C21H23NO6/c1-13(20(23)22-10-9-14-7-5-6-8-16(14)22)28-21(24)15-11-18(26-3)19(27-4)12-17(15)25-2/h5-8,11-13H,9-10H2,1-4H3. The maximum atomic E-state index is 12.8. The number of ether oxygens (including phenoxy) is 4. The summed E-state index contributed by atoms with van der Waals surface area (Å²) >= 11 is 0. The molecule has 0 N–H and O–H groups in total. The Morgan fingerprint density at radius 2 is 1.61 bits per heavy atom. The molecule has 7 nitrogen and oxygen atoms in total. The lowest BCUT2D eigenvalue weighted by Crippen LogP contribution is -2.39. The van der Waals surface area contributed by atoms with Gasteiger partial charge in [0.1, 0.15) is 11.3 Å². The van der Waals surface area contributed by atoms with Gasteiger partial charge in [-0.2, -0.15) is 0 Å². The minimum atomic E-state index is -0.948. The molecule has 0 spiro atoms. The van der Waals surface area contributed by atoms with E-state index in [-0.39, 0.29) is 17.2 Å². The van der Waals surface area contributed by atoms with Gasteiger partial charge in [-0.05, 0) is 25.0 Å². The highest BCUT2D eigenvalue weighted by atomic mass is 16.6. The summed E-state index contributed by atoms with van der Waals surface area (Å²) in [5.41, 5.74) is 2.12. The molecule has 1 unspecified atom stereocenters. The largest absolute Gasteiger partial charge is 0.496 e. The average molecular weight is 385 g/mol. The minimum Gasteiger partial charge on any atom is -0.496 e. The molecule has 1 heterocycles. The summed E-state index contributed by atoms with van der Waals surface area (Å²) < 4.78 is 21.2. The van der Waals surface area contributed by atoms with Crippen LogP contribution >= 0.6 is 0 Å². The van der Waals surface area contributed by atoms with Crippen molar-refractivity contribution < 1.29 is 28.5 Å². The number of amides is 1. The first-order chi connectivity index (χ1) is 13.5. The number of fused-ring (bicyclic) bond motifs is 1. The SMILES string of the molecule is COc1cc(OC)c(C(=O)OC(C)C(=O)N2CCc3ccccc32)cc1OC. The van der Waals surface area contributed by atoms with Crippen LogP contribution in [0.2, 0.25) is 0 Å². The predicted octanol–water partition coefficient (Wildman–Crippen LogP) is 2.85. The van der Waals surface area contributed by atoms with E-state index in [4.69, 9.17) is 18.9 Å². The van der Waals surface area contributed by atoms with Gasteiger partial charge in [0.2, 0.25) is 0 Å². The molecule has 1 amide bonds. The Balaban J connectivity index is 1.78. The van der Waals surface area contributed by atoms with E-state index in [0.29, 0.717) is 18.0 Å². The fraction of sp³-hybridized carbons (Fsp3) is 0.333. The van der Waals surface area contributed by atoms with Crippen molar-refractivity contribution in [1.82, 2.24) is 0 Å². The number of benzene rings is 2. The number of nitrogens with zero attached hydrogens (tertiary/aromatic N) is 1. The molecule has 0 aromatic heterocycles. The van der Waals surface area contributed by atoms with E-state index in [1.807, 2.05) is 24.3 Å². The van der Waals surface area contributed by atoms with E-state index >= 15 is 0 Å². The fourth-order valence-corrected chi connectivity index (χ4v) is 3.25. The van der Waals surface area contributed by atoms with Crippen molar-refractivity contribution in [2.24, 2.45) is 0 Å². The van der Waals surface area contributed by atoms with Gasteiger partial charge in [0.05, 0.1) is 21.3 Å². The Labute approximate surface area is 163 Å². The van der Waals surface area contributed by atoms with Gasteiger partial charge in [0.15, 0.2) is 17.6 Å². The number of para-hydroxylation sites is 1. The van der Waals surface area contributed by atoms with E-state index in [2.05, 4.69) is 0 Å². The number of carbonyl (C=O) groups excluding carboxylic acids is 2. The first kappa shape index (κ1) is 19.5. The molecule has 0 fully saturated rings. The summed E-state index contributed by atoms with van der Waals surface area (Å²) in [4.78, 5) is 27.2. The Hall–Kier alpha value is -3.22. The second kappa shape index (κ2) is 8.21. The van der Waals surface area contributed by atoms with E-state index in [1.54, 1.807) is 17.9 Å². The van der Waals surface area contributed by atoms with Crippen LogP contribution in [0.25, 0.3) is 0 Å². The number of methoxy groups -OCH3 is 3. The molecule has 0 saturated heterocycles. The first-order valence-corrected chi connectivity index (χ1v) is 8.90. The second-order valence-electron chi connectivity index (χ2n) is 6.32. The van der Waals surface area contributed by atoms with E-state index < -0.39 is 12.1 Å². The molecule has 0 aliphatic carbocycles. The molecule has 7 heteroatoms. The molecule has 148 valence electrons. The molecular formula is C21H23NO6. The lowest BCUT2D eigenvalue weighted by atomic mass is 10.1. The van der Waals surface area contributed by atoms with Crippen molar-refractivity contribution in [3.63, 3.8) is 0 Å². The van der Waals surface area contributed by atoms with Gasteiger partial charge in [-0.3, -0.25) is 4.79 Å². The Morgan fingerprint density at radius 1 is 0.964 bits per heavy atom. The van der Waals surface area contributed by atoms with Crippen molar-refractivity contribution in [2.45, 2.75) is 19.4 Å². The van der Waals surface area contributed by atoms with Crippen LogP contribution in [0.5, 0.6) is 17.2 Å². The molecule has 3 rings (SSSR count). The van der Waals surface area contributed by atoms with Gasteiger partial charge in [-0.15, -0.1) is 0 Å². The van der Waals surface area contributed by atoms with Gasteiger partial charge >= 0.3 is 5.97 Å². The zero-order chi connectivity index (χ0) is 20.3. The summed E-state index contributed by atoms with van der Waals surface area (Å²) in [6.45, 7) is 2.13. The topological polar surface area (TPSA) is 74.3 Å². The molecule has 2 aromatic rings. The maximum Gasteiger partial charge on any atom is 0.342 e. The van der Waals surface area contributed by atoms with Crippen molar-refractivity contribution in [3.05, 3.63) is 47.5 Å². The van der Waals surface area contributed by atoms with Gasteiger partial charge < -0.3 is 23.8 Å². The summed E-state index contributed by atoms with van der Waals surface area (Å²) in [5, 5.41) is 0. The minimum absolute atomic E-state index is 0.154. The van der Waals surface area contributed by atoms with Crippen LogP contribution in [0, 0.1) is 0 Å². The molecular weight excluding hydrogens is 362 g/mol. The van der Waals surface area contributed by atoms with Crippen LogP contribution < -0.4 is 19.1 Å². The van der Waals surface area contributed by atoms with E-state index in [0.717, 1.165) is 17.7 Å². The molecule has 0 bridgehead atoms. The third-order valence-corrected chi connectivity index (χ3v) is 4.71. The van der Waals surface area contributed by atoms with Crippen molar-refractivity contribution in [3.8, 4) is 17.2 Å². The van der Waals surface area contributed by atoms with Crippen LogP contribution in [0.3, 0.4) is 0 Å². The van der Waals surface area contributed by atoms with Gasteiger partial charge in [-0.25, -0.2) is 4.79 Å². The van der Waals surface area contributed by atoms with Crippen LogP contribution in [-0.2, 0) is 16.0 Å². The second-order valence-corrected chi connectivity index (χ2v) is 6.32. The molecule has 1 atom stereocenters. The van der Waals surface area contributed by atoms with E-state index in [9.17, 15) is 9.59 Å². The van der Waals surface area contributed by atoms with Crippen LogP contribution in [0.15, 0.2) is 36.4 Å². The molecule has 0 radical (unpaired) electrons. The third-order valence-electron chi connectivity index (χ3n) is 4.71. The molecule has 0 saturated carbocycles. The monoisotopic (exact) mass is 385 g/mol. The average Bonchev–Trinajstić information content (AvgIpc) is 3.15. The molecule has 2 aromatic carbocycles. The summed E-state index contributed by atoms with van der Waals surface area (Å²) in [6, 6.07) is 10.7. The van der Waals surface area contributed by atoms with Crippen molar-refractivity contribution in [1.29, 1.82) is 0 Å². The van der Waals surface area contributed by atoms with Crippen LogP contribution in [-0.4, -0.2) is 45.9 Å². The van der Waals surface area contributed by atoms with Gasteiger partial charge in [-0.1, -0.05) is 18.2 Å². The van der Waals surface area contributed by atoms with E-state index in [1.165, 1.54) is 27.4 Å². The zero-order valence-corrected chi connectivity index (χ0v) is 16.4. The number of esters is 1. The quantitative estimate of drug-likeness (QED) is 0.712. The number of anilines is 1. The summed E-state index contributed by atoms with van der Waals surface area (Å²) in [6.07, 6.45) is -0.164. The van der Waals surface area contributed by atoms with Crippen LogP contribution in [0.1, 0.15) is 22.8 Å². The third kappa shape index (κ3) is 3.60. The summed E-state index contributed by atoms with van der Waals surface area (Å²) in [7, 11) is 4.40. The number of hydrogen-bond acceptors (Lipinski definition) is 6. The normalized spacial score (nSPS) is 13.5. The molecule has 28 heavy (non-hydrogen) atoms. The maximum absolute atomic E-state index is 12.8. The Bertz CT molecular complexity index is 894. The van der Waals surface area contributed by atoms with Crippen molar-refractivity contribution >= 4 is 17.6 Å². The lowest BCUT2D eigenvalue weighted by molar-refractivity contribution is -0.126. The predicted molar refractivity (Wildman–Crippen MR) is 103 cm³/mol.